The molecule has 2 aromatic carbocycles. The van der Waals surface area contributed by atoms with E-state index < -0.39 is 35.2 Å². The second kappa shape index (κ2) is 7.23. The van der Waals surface area contributed by atoms with Gasteiger partial charge in [0.1, 0.15) is 23.3 Å². The number of anilines is 1. The third kappa shape index (κ3) is 4.53. The van der Waals surface area contributed by atoms with E-state index in [1.165, 1.54) is 6.07 Å². The Kier molecular flexibility index (Phi) is 5.33. The van der Waals surface area contributed by atoms with Crippen LogP contribution in [-0.4, -0.2) is 12.5 Å². The van der Waals surface area contributed by atoms with Gasteiger partial charge < -0.3 is 10.6 Å². The zero-order chi connectivity index (χ0) is 17.0. The van der Waals surface area contributed by atoms with E-state index in [0.29, 0.717) is 6.07 Å². The SMILES string of the molecule is C[C@H](NCC(=O)Nc1ccc(F)cc1F)c1ccc(F)cc1F. The molecule has 0 radical (unpaired) electrons. The van der Waals surface area contributed by atoms with Gasteiger partial charge in [0, 0.05) is 23.7 Å². The van der Waals surface area contributed by atoms with Gasteiger partial charge in [-0.05, 0) is 25.1 Å². The van der Waals surface area contributed by atoms with Crippen molar-refractivity contribution in [2.45, 2.75) is 13.0 Å². The van der Waals surface area contributed by atoms with Crippen LogP contribution in [0.2, 0.25) is 0 Å². The molecule has 0 saturated heterocycles. The van der Waals surface area contributed by atoms with Crippen LogP contribution in [0.3, 0.4) is 0 Å². The lowest BCUT2D eigenvalue weighted by Gasteiger charge is -2.15. The van der Waals surface area contributed by atoms with Crippen LogP contribution >= 0.6 is 0 Å². The number of halogens is 4. The summed E-state index contributed by atoms with van der Waals surface area (Å²) in [6.07, 6.45) is 0. The minimum atomic E-state index is -0.893. The molecule has 3 nitrogen and oxygen atoms in total. The van der Waals surface area contributed by atoms with Crippen molar-refractivity contribution in [1.29, 1.82) is 0 Å². The van der Waals surface area contributed by atoms with Crippen molar-refractivity contribution in [2.75, 3.05) is 11.9 Å². The molecule has 2 rings (SSSR count). The molecule has 0 saturated carbocycles. The van der Waals surface area contributed by atoms with Gasteiger partial charge in [-0.25, -0.2) is 17.6 Å². The van der Waals surface area contributed by atoms with Gasteiger partial charge in [0.25, 0.3) is 0 Å². The van der Waals surface area contributed by atoms with Gasteiger partial charge in [-0.3, -0.25) is 4.79 Å². The molecule has 0 fully saturated rings. The van der Waals surface area contributed by atoms with Gasteiger partial charge in [-0.15, -0.1) is 0 Å². The average Bonchev–Trinajstić information content (AvgIpc) is 2.48. The van der Waals surface area contributed by atoms with Crippen LogP contribution < -0.4 is 10.6 Å². The molecule has 1 atom stereocenters. The Hall–Kier alpha value is -2.41. The summed E-state index contributed by atoms with van der Waals surface area (Å²) in [5, 5.41) is 5.01. The number of nitrogens with one attached hydrogen (secondary N) is 2. The Morgan fingerprint density at radius 3 is 2.22 bits per heavy atom. The highest BCUT2D eigenvalue weighted by Gasteiger charge is 2.13. The topological polar surface area (TPSA) is 41.1 Å². The smallest absolute Gasteiger partial charge is 0.238 e. The van der Waals surface area contributed by atoms with E-state index >= 15 is 0 Å². The predicted molar refractivity (Wildman–Crippen MR) is 77.8 cm³/mol. The van der Waals surface area contributed by atoms with E-state index in [9.17, 15) is 22.4 Å². The molecule has 0 aliphatic carbocycles. The Bertz CT molecular complexity index is 721. The summed E-state index contributed by atoms with van der Waals surface area (Å²) in [5.74, 6) is -3.64. The van der Waals surface area contributed by atoms with Crippen LogP contribution in [0.1, 0.15) is 18.5 Å². The van der Waals surface area contributed by atoms with Crippen molar-refractivity contribution >= 4 is 11.6 Å². The molecule has 0 aromatic heterocycles. The molecule has 0 unspecified atom stereocenters. The van der Waals surface area contributed by atoms with Crippen molar-refractivity contribution in [2.24, 2.45) is 0 Å². The first-order valence-electron chi connectivity index (χ1n) is 6.80. The first-order valence-corrected chi connectivity index (χ1v) is 6.80. The minimum absolute atomic E-state index is 0.154. The molecule has 0 bridgehead atoms. The van der Waals surface area contributed by atoms with Gasteiger partial charge in [0.05, 0.1) is 12.2 Å². The van der Waals surface area contributed by atoms with E-state index in [-0.39, 0.29) is 17.8 Å². The van der Waals surface area contributed by atoms with Crippen LogP contribution in [0, 0.1) is 23.3 Å². The van der Waals surface area contributed by atoms with Crippen LogP contribution in [-0.2, 0) is 4.79 Å². The van der Waals surface area contributed by atoms with Crippen LogP contribution in [0.25, 0.3) is 0 Å². The summed E-state index contributed by atoms with van der Waals surface area (Å²) in [6.45, 7) is 1.37. The Morgan fingerprint density at radius 1 is 1.00 bits per heavy atom. The highest BCUT2D eigenvalue weighted by molar-refractivity contribution is 5.92. The fourth-order valence-electron chi connectivity index (χ4n) is 1.99. The van der Waals surface area contributed by atoms with Crippen LogP contribution in [0.15, 0.2) is 36.4 Å². The molecule has 7 heteroatoms. The average molecular weight is 326 g/mol. The van der Waals surface area contributed by atoms with Crippen LogP contribution in [0.5, 0.6) is 0 Å². The zero-order valence-electron chi connectivity index (χ0n) is 12.2. The number of benzene rings is 2. The molecule has 0 aliphatic rings. The zero-order valence-corrected chi connectivity index (χ0v) is 12.2. The second-order valence-electron chi connectivity index (χ2n) is 4.94. The van der Waals surface area contributed by atoms with Gasteiger partial charge >= 0.3 is 0 Å². The van der Waals surface area contributed by atoms with Gasteiger partial charge in [0.2, 0.25) is 5.91 Å². The fourth-order valence-corrected chi connectivity index (χ4v) is 1.99. The minimum Gasteiger partial charge on any atom is -0.322 e. The third-order valence-corrected chi connectivity index (χ3v) is 3.20. The normalized spacial score (nSPS) is 12.0. The lowest BCUT2D eigenvalue weighted by molar-refractivity contribution is -0.115. The molecule has 0 spiro atoms. The first kappa shape index (κ1) is 17.0. The molecule has 23 heavy (non-hydrogen) atoms. The van der Waals surface area contributed by atoms with Gasteiger partial charge in [0.15, 0.2) is 0 Å². The number of rotatable bonds is 5. The summed E-state index contributed by atoms with van der Waals surface area (Å²) >= 11 is 0. The Morgan fingerprint density at radius 2 is 1.61 bits per heavy atom. The predicted octanol–water partition coefficient (Wildman–Crippen LogP) is 3.53. The maximum atomic E-state index is 13.6. The largest absolute Gasteiger partial charge is 0.322 e. The van der Waals surface area contributed by atoms with E-state index in [0.717, 1.165) is 24.3 Å². The monoisotopic (exact) mass is 326 g/mol. The molecule has 0 aliphatic heterocycles. The molecule has 0 heterocycles. The highest BCUT2D eigenvalue weighted by Crippen LogP contribution is 2.18. The van der Waals surface area contributed by atoms with Crippen molar-refractivity contribution in [3.63, 3.8) is 0 Å². The number of hydrogen-bond donors (Lipinski definition) is 2. The summed E-state index contributed by atoms with van der Waals surface area (Å²) in [5.41, 5.74) is 0.0472. The van der Waals surface area contributed by atoms with E-state index in [1.807, 2.05) is 0 Å². The number of carbonyl (C=O) groups is 1. The maximum absolute atomic E-state index is 13.6. The molecular formula is C16H14F4N2O. The quantitative estimate of drug-likeness (QED) is 0.825. The van der Waals surface area contributed by atoms with Crippen LogP contribution in [0.4, 0.5) is 23.2 Å². The molecular weight excluding hydrogens is 312 g/mol. The van der Waals surface area contributed by atoms with Gasteiger partial charge in [-0.1, -0.05) is 6.07 Å². The number of hydrogen-bond acceptors (Lipinski definition) is 2. The number of amides is 1. The summed E-state index contributed by atoms with van der Waals surface area (Å²) in [7, 11) is 0. The Labute approximate surface area is 130 Å². The van der Waals surface area contributed by atoms with Crippen molar-refractivity contribution in [3.8, 4) is 0 Å². The summed E-state index contributed by atoms with van der Waals surface area (Å²) in [4.78, 5) is 11.7. The fraction of sp³-hybridized carbons (Fsp3) is 0.188. The van der Waals surface area contributed by atoms with E-state index in [2.05, 4.69) is 10.6 Å². The van der Waals surface area contributed by atoms with E-state index in [1.54, 1.807) is 6.92 Å². The second-order valence-corrected chi connectivity index (χ2v) is 4.94. The van der Waals surface area contributed by atoms with Crippen molar-refractivity contribution in [3.05, 3.63) is 65.2 Å². The molecule has 122 valence electrons. The van der Waals surface area contributed by atoms with Crippen molar-refractivity contribution < 1.29 is 22.4 Å². The third-order valence-electron chi connectivity index (χ3n) is 3.20. The standard InChI is InChI=1S/C16H14F4N2O/c1-9(12-4-2-10(17)6-13(12)19)21-8-16(23)22-15-5-3-11(18)7-14(15)20/h2-7,9,21H,8H2,1H3,(H,22,23)/t9-/m0/s1. The number of carbonyl (C=O) groups excluding carboxylic acids is 1. The Balaban J connectivity index is 1.93. The molecule has 2 N–H and O–H groups in total. The summed E-state index contributed by atoms with van der Waals surface area (Å²) < 4.78 is 52.6. The van der Waals surface area contributed by atoms with Crippen molar-refractivity contribution in [1.82, 2.24) is 5.32 Å². The highest BCUT2D eigenvalue weighted by atomic mass is 19.1. The molecule has 2 aromatic rings. The maximum Gasteiger partial charge on any atom is 0.238 e. The first-order chi connectivity index (χ1) is 10.9. The lowest BCUT2D eigenvalue weighted by atomic mass is 10.1. The lowest BCUT2D eigenvalue weighted by Crippen LogP contribution is -2.30. The van der Waals surface area contributed by atoms with Gasteiger partial charge in [-0.2, -0.15) is 0 Å². The summed E-state index contributed by atoms with van der Waals surface area (Å²) in [6, 6.07) is 5.36. The molecule has 1 amide bonds. The van der Waals surface area contributed by atoms with E-state index in [4.69, 9.17) is 0 Å².